The summed E-state index contributed by atoms with van der Waals surface area (Å²) in [6.45, 7) is 3.24. The molecule has 124 valence electrons. The number of carbonyl (C=O) groups excluding carboxylic acids is 1. The molecule has 2 aromatic carbocycles. The van der Waals surface area contributed by atoms with E-state index in [0.717, 1.165) is 37.5 Å². The molecule has 1 aliphatic rings. The number of carbonyl (C=O) groups is 1. The molecule has 1 fully saturated rings. The minimum absolute atomic E-state index is 0.0681. The first-order valence-corrected chi connectivity index (χ1v) is 8.17. The maximum absolute atomic E-state index is 12.3. The lowest BCUT2D eigenvalue weighted by Gasteiger charge is -2.35. The number of para-hydroxylation sites is 1. The summed E-state index contributed by atoms with van der Waals surface area (Å²) in [4.78, 5) is 16.6. The van der Waals surface area contributed by atoms with Crippen molar-refractivity contribution in [3.63, 3.8) is 0 Å². The predicted molar refractivity (Wildman–Crippen MR) is 97.3 cm³/mol. The molecule has 1 heterocycles. The van der Waals surface area contributed by atoms with Gasteiger partial charge in [-0.2, -0.15) is 0 Å². The standard InChI is InChI=1S/C20H22N2O2/c1-24-19-10-7-17(8-11-19)9-12-20(23)22-15-13-21(14-16-22)18-5-3-2-4-6-18/h2-12H,13-16H2,1H3. The van der Waals surface area contributed by atoms with Crippen molar-refractivity contribution < 1.29 is 9.53 Å². The summed E-state index contributed by atoms with van der Waals surface area (Å²) >= 11 is 0. The molecule has 2 aromatic rings. The summed E-state index contributed by atoms with van der Waals surface area (Å²) < 4.78 is 5.13. The topological polar surface area (TPSA) is 32.8 Å². The third kappa shape index (κ3) is 3.96. The van der Waals surface area contributed by atoms with Gasteiger partial charge in [-0.15, -0.1) is 0 Å². The second kappa shape index (κ2) is 7.68. The Bertz CT molecular complexity index is 687. The van der Waals surface area contributed by atoms with Crippen LogP contribution in [0.1, 0.15) is 5.56 Å². The van der Waals surface area contributed by atoms with E-state index < -0.39 is 0 Å². The molecule has 3 rings (SSSR count). The van der Waals surface area contributed by atoms with E-state index >= 15 is 0 Å². The fourth-order valence-corrected chi connectivity index (χ4v) is 2.81. The lowest BCUT2D eigenvalue weighted by atomic mass is 10.2. The molecule has 0 bridgehead atoms. The molecule has 1 saturated heterocycles. The van der Waals surface area contributed by atoms with Gasteiger partial charge in [-0.3, -0.25) is 4.79 Å². The van der Waals surface area contributed by atoms with Crippen molar-refractivity contribution in [2.75, 3.05) is 38.2 Å². The van der Waals surface area contributed by atoms with Crippen molar-refractivity contribution in [2.24, 2.45) is 0 Å². The second-order valence-electron chi connectivity index (χ2n) is 5.75. The molecular weight excluding hydrogens is 300 g/mol. The van der Waals surface area contributed by atoms with Crippen LogP contribution in [-0.4, -0.2) is 44.1 Å². The zero-order valence-corrected chi connectivity index (χ0v) is 13.9. The third-order valence-corrected chi connectivity index (χ3v) is 4.25. The van der Waals surface area contributed by atoms with Crippen molar-refractivity contribution in [3.8, 4) is 5.75 Å². The van der Waals surface area contributed by atoms with Gasteiger partial charge < -0.3 is 14.5 Å². The van der Waals surface area contributed by atoms with Crippen molar-refractivity contribution in [1.82, 2.24) is 4.90 Å². The maximum atomic E-state index is 12.3. The number of nitrogens with zero attached hydrogens (tertiary/aromatic N) is 2. The highest BCUT2D eigenvalue weighted by atomic mass is 16.5. The zero-order chi connectivity index (χ0) is 16.8. The number of piperazine rings is 1. The number of benzene rings is 2. The molecule has 1 aliphatic heterocycles. The summed E-state index contributed by atoms with van der Waals surface area (Å²) in [5.41, 5.74) is 2.21. The molecule has 24 heavy (non-hydrogen) atoms. The van der Waals surface area contributed by atoms with Crippen LogP contribution in [0, 0.1) is 0 Å². The van der Waals surface area contributed by atoms with Gasteiger partial charge in [0.25, 0.3) is 0 Å². The molecule has 4 nitrogen and oxygen atoms in total. The van der Waals surface area contributed by atoms with Gasteiger partial charge >= 0.3 is 0 Å². The van der Waals surface area contributed by atoms with Gasteiger partial charge in [0, 0.05) is 37.9 Å². The number of hydrogen-bond acceptors (Lipinski definition) is 3. The van der Waals surface area contributed by atoms with Gasteiger partial charge in [0.2, 0.25) is 5.91 Å². The van der Waals surface area contributed by atoms with Gasteiger partial charge in [-0.05, 0) is 35.9 Å². The molecular formula is C20H22N2O2. The minimum atomic E-state index is 0.0681. The molecule has 0 unspecified atom stereocenters. The van der Waals surface area contributed by atoms with Crippen LogP contribution in [0.2, 0.25) is 0 Å². The fourth-order valence-electron chi connectivity index (χ4n) is 2.81. The van der Waals surface area contributed by atoms with E-state index in [9.17, 15) is 4.79 Å². The Balaban J connectivity index is 1.54. The van der Waals surface area contributed by atoms with Crippen LogP contribution in [0.25, 0.3) is 6.08 Å². The molecule has 4 heteroatoms. The highest BCUT2D eigenvalue weighted by Crippen LogP contribution is 2.16. The Morgan fingerprint density at radius 2 is 1.62 bits per heavy atom. The smallest absolute Gasteiger partial charge is 0.246 e. The van der Waals surface area contributed by atoms with E-state index in [4.69, 9.17) is 4.74 Å². The average molecular weight is 322 g/mol. The number of ether oxygens (including phenoxy) is 1. The van der Waals surface area contributed by atoms with Crippen LogP contribution < -0.4 is 9.64 Å². The van der Waals surface area contributed by atoms with Crippen LogP contribution in [0.4, 0.5) is 5.69 Å². The molecule has 0 N–H and O–H groups in total. The average Bonchev–Trinajstić information content (AvgIpc) is 2.67. The van der Waals surface area contributed by atoms with Crippen molar-refractivity contribution in [1.29, 1.82) is 0 Å². The van der Waals surface area contributed by atoms with Crippen LogP contribution in [0.5, 0.6) is 5.75 Å². The van der Waals surface area contributed by atoms with Crippen LogP contribution in [-0.2, 0) is 4.79 Å². The number of rotatable bonds is 4. The summed E-state index contributed by atoms with van der Waals surface area (Å²) in [7, 11) is 1.64. The SMILES string of the molecule is COc1ccc(C=CC(=O)N2CCN(c3ccccc3)CC2)cc1. The number of hydrogen-bond donors (Lipinski definition) is 0. The molecule has 0 aromatic heterocycles. The number of anilines is 1. The first-order valence-electron chi connectivity index (χ1n) is 8.17. The van der Waals surface area contributed by atoms with E-state index in [-0.39, 0.29) is 5.91 Å². The summed E-state index contributed by atoms with van der Waals surface area (Å²) in [5, 5.41) is 0. The predicted octanol–water partition coefficient (Wildman–Crippen LogP) is 3.06. The Morgan fingerprint density at radius 1 is 0.958 bits per heavy atom. The Morgan fingerprint density at radius 3 is 2.25 bits per heavy atom. The monoisotopic (exact) mass is 322 g/mol. The van der Waals surface area contributed by atoms with Crippen molar-refractivity contribution >= 4 is 17.7 Å². The Hall–Kier alpha value is -2.75. The number of amides is 1. The Labute approximate surface area is 143 Å². The lowest BCUT2D eigenvalue weighted by molar-refractivity contribution is -0.126. The van der Waals surface area contributed by atoms with E-state index in [1.54, 1.807) is 13.2 Å². The quantitative estimate of drug-likeness (QED) is 0.811. The van der Waals surface area contributed by atoms with E-state index in [1.165, 1.54) is 5.69 Å². The van der Waals surface area contributed by atoms with E-state index in [2.05, 4.69) is 17.0 Å². The van der Waals surface area contributed by atoms with E-state index in [1.807, 2.05) is 53.4 Å². The highest BCUT2D eigenvalue weighted by molar-refractivity contribution is 5.92. The van der Waals surface area contributed by atoms with Crippen LogP contribution >= 0.6 is 0 Å². The van der Waals surface area contributed by atoms with Gasteiger partial charge in [-0.25, -0.2) is 0 Å². The maximum Gasteiger partial charge on any atom is 0.246 e. The largest absolute Gasteiger partial charge is 0.497 e. The molecule has 0 saturated carbocycles. The molecule has 0 spiro atoms. The van der Waals surface area contributed by atoms with Crippen LogP contribution in [0.3, 0.4) is 0 Å². The first kappa shape index (κ1) is 16.1. The molecule has 0 atom stereocenters. The van der Waals surface area contributed by atoms with E-state index in [0.29, 0.717) is 0 Å². The molecule has 1 amide bonds. The zero-order valence-electron chi connectivity index (χ0n) is 13.9. The third-order valence-electron chi connectivity index (χ3n) is 4.25. The summed E-state index contributed by atoms with van der Waals surface area (Å²) in [5.74, 6) is 0.883. The molecule has 0 aliphatic carbocycles. The summed E-state index contributed by atoms with van der Waals surface area (Å²) in [6, 6.07) is 18.0. The first-order chi connectivity index (χ1) is 11.8. The Kier molecular flexibility index (Phi) is 5.16. The minimum Gasteiger partial charge on any atom is -0.497 e. The van der Waals surface area contributed by atoms with Crippen LogP contribution in [0.15, 0.2) is 60.7 Å². The van der Waals surface area contributed by atoms with Crippen molar-refractivity contribution in [3.05, 3.63) is 66.2 Å². The normalized spacial score (nSPS) is 14.9. The van der Waals surface area contributed by atoms with Gasteiger partial charge in [0.1, 0.15) is 5.75 Å². The van der Waals surface area contributed by atoms with Gasteiger partial charge in [-0.1, -0.05) is 30.3 Å². The summed E-state index contributed by atoms with van der Waals surface area (Å²) in [6.07, 6.45) is 3.51. The lowest BCUT2D eigenvalue weighted by Crippen LogP contribution is -2.48. The van der Waals surface area contributed by atoms with Gasteiger partial charge in [0.15, 0.2) is 0 Å². The molecule has 0 radical (unpaired) electrons. The highest BCUT2D eigenvalue weighted by Gasteiger charge is 2.19. The number of methoxy groups -OCH3 is 1. The van der Waals surface area contributed by atoms with Gasteiger partial charge in [0.05, 0.1) is 7.11 Å². The van der Waals surface area contributed by atoms with Crippen molar-refractivity contribution in [2.45, 2.75) is 0 Å². The second-order valence-corrected chi connectivity index (χ2v) is 5.75. The fraction of sp³-hybridized carbons (Fsp3) is 0.250.